The first-order chi connectivity index (χ1) is 8.58. The van der Waals surface area contributed by atoms with Crippen molar-refractivity contribution in [2.45, 2.75) is 32.2 Å². The van der Waals surface area contributed by atoms with E-state index in [2.05, 4.69) is 12.2 Å². The Bertz CT molecular complexity index is 416. The predicted molar refractivity (Wildman–Crippen MR) is 78.5 cm³/mol. The van der Waals surface area contributed by atoms with E-state index in [0.29, 0.717) is 6.54 Å². The van der Waals surface area contributed by atoms with Gasteiger partial charge in [-0.15, -0.1) is 12.4 Å². The molecule has 1 amide bonds. The second kappa shape index (κ2) is 9.13. The molecular weight excluding hydrogens is 290 g/mol. The van der Waals surface area contributed by atoms with E-state index >= 15 is 0 Å². The number of benzene rings is 1. The van der Waals surface area contributed by atoms with Gasteiger partial charge in [-0.05, 0) is 24.6 Å². The van der Waals surface area contributed by atoms with Gasteiger partial charge in [0.1, 0.15) is 5.82 Å². The van der Waals surface area contributed by atoms with Crippen molar-refractivity contribution in [1.29, 1.82) is 0 Å². The Balaban J connectivity index is 0.00000324. The molecule has 0 saturated heterocycles. The lowest BCUT2D eigenvalue weighted by Crippen LogP contribution is -2.40. The van der Waals surface area contributed by atoms with E-state index in [-0.39, 0.29) is 34.9 Å². The lowest BCUT2D eigenvalue weighted by molar-refractivity contribution is 0.0936. The van der Waals surface area contributed by atoms with Crippen LogP contribution in [0.2, 0.25) is 5.02 Å². The molecule has 0 aliphatic rings. The topological polar surface area (TPSA) is 55.1 Å². The summed E-state index contributed by atoms with van der Waals surface area (Å²) < 4.78 is 12.9. The van der Waals surface area contributed by atoms with Gasteiger partial charge in [-0.2, -0.15) is 0 Å². The van der Waals surface area contributed by atoms with Crippen LogP contribution >= 0.6 is 24.0 Å². The van der Waals surface area contributed by atoms with Gasteiger partial charge < -0.3 is 11.1 Å². The van der Waals surface area contributed by atoms with Gasteiger partial charge in [0.2, 0.25) is 0 Å². The Morgan fingerprint density at radius 1 is 1.53 bits per heavy atom. The predicted octanol–water partition coefficient (Wildman–Crippen LogP) is 3.15. The number of carbonyl (C=O) groups is 1. The van der Waals surface area contributed by atoms with Crippen molar-refractivity contribution in [3.63, 3.8) is 0 Å². The number of nitrogens with one attached hydrogen (secondary N) is 1. The van der Waals surface area contributed by atoms with Gasteiger partial charge in [0.05, 0.1) is 10.6 Å². The van der Waals surface area contributed by atoms with E-state index in [1.165, 1.54) is 12.1 Å². The smallest absolute Gasteiger partial charge is 0.253 e. The van der Waals surface area contributed by atoms with Crippen LogP contribution in [0.15, 0.2) is 18.2 Å². The summed E-state index contributed by atoms with van der Waals surface area (Å²) in [6.07, 6.45) is 2.88. The molecule has 0 radical (unpaired) electrons. The third-order valence-electron chi connectivity index (χ3n) is 2.70. The van der Waals surface area contributed by atoms with Crippen LogP contribution in [0.25, 0.3) is 0 Å². The Morgan fingerprint density at radius 3 is 2.74 bits per heavy atom. The molecule has 1 aromatic rings. The third kappa shape index (κ3) is 5.76. The van der Waals surface area contributed by atoms with Gasteiger partial charge >= 0.3 is 0 Å². The lowest BCUT2D eigenvalue weighted by Gasteiger charge is -2.16. The zero-order chi connectivity index (χ0) is 13.5. The fourth-order valence-electron chi connectivity index (χ4n) is 1.64. The van der Waals surface area contributed by atoms with Crippen LogP contribution in [0.4, 0.5) is 4.39 Å². The summed E-state index contributed by atoms with van der Waals surface area (Å²) in [7, 11) is 0. The highest BCUT2D eigenvalue weighted by Crippen LogP contribution is 2.17. The molecule has 1 atom stereocenters. The summed E-state index contributed by atoms with van der Waals surface area (Å²) in [6, 6.07) is 3.64. The molecule has 0 bridgehead atoms. The van der Waals surface area contributed by atoms with Crippen LogP contribution in [0.3, 0.4) is 0 Å². The molecule has 1 unspecified atom stereocenters. The summed E-state index contributed by atoms with van der Waals surface area (Å²) in [5, 5.41) is 2.92. The molecule has 19 heavy (non-hydrogen) atoms. The molecule has 108 valence electrons. The molecule has 6 heteroatoms. The van der Waals surface area contributed by atoms with E-state index in [4.69, 9.17) is 17.3 Å². The number of halogens is 3. The Morgan fingerprint density at radius 2 is 2.21 bits per heavy atom. The van der Waals surface area contributed by atoms with Gasteiger partial charge in [0.15, 0.2) is 0 Å². The number of nitrogens with two attached hydrogens (primary N) is 1. The van der Waals surface area contributed by atoms with Crippen LogP contribution in [0.1, 0.15) is 36.5 Å². The van der Waals surface area contributed by atoms with E-state index in [1.807, 2.05) is 0 Å². The monoisotopic (exact) mass is 308 g/mol. The first-order valence-corrected chi connectivity index (χ1v) is 6.42. The minimum absolute atomic E-state index is 0. The van der Waals surface area contributed by atoms with Crippen LogP contribution in [-0.4, -0.2) is 18.5 Å². The van der Waals surface area contributed by atoms with Gasteiger partial charge in [-0.3, -0.25) is 4.79 Å². The van der Waals surface area contributed by atoms with Gasteiger partial charge in [-0.25, -0.2) is 4.39 Å². The van der Waals surface area contributed by atoms with Crippen LogP contribution in [0, 0.1) is 5.82 Å². The van der Waals surface area contributed by atoms with Gasteiger partial charge in [0, 0.05) is 12.6 Å². The van der Waals surface area contributed by atoms with Gasteiger partial charge in [0.25, 0.3) is 5.91 Å². The SMILES string of the molecule is CCCCC(CN)NC(=O)c1ccc(F)cc1Cl.Cl. The highest BCUT2D eigenvalue weighted by atomic mass is 35.5. The Hall–Kier alpha value is -0.840. The van der Waals surface area contributed by atoms with Crippen molar-refractivity contribution in [2.24, 2.45) is 5.73 Å². The lowest BCUT2D eigenvalue weighted by atomic mass is 10.1. The zero-order valence-corrected chi connectivity index (χ0v) is 12.4. The fourth-order valence-corrected chi connectivity index (χ4v) is 1.89. The molecule has 0 saturated carbocycles. The largest absolute Gasteiger partial charge is 0.348 e. The zero-order valence-electron chi connectivity index (χ0n) is 10.8. The first kappa shape index (κ1) is 18.2. The average molecular weight is 309 g/mol. The second-order valence-electron chi connectivity index (χ2n) is 4.17. The minimum atomic E-state index is -0.460. The average Bonchev–Trinajstić information content (AvgIpc) is 2.34. The maximum absolute atomic E-state index is 12.9. The normalized spacial score (nSPS) is 11.6. The number of rotatable bonds is 6. The molecule has 0 spiro atoms. The van der Waals surface area contributed by atoms with Crippen LogP contribution in [0.5, 0.6) is 0 Å². The summed E-state index contributed by atoms with van der Waals surface area (Å²) in [4.78, 5) is 11.9. The molecule has 1 rings (SSSR count). The van der Waals surface area contributed by atoms with Crippen molar-refractivity contribution < 1.29 is 9.18 Å². The molecule has 3 nitrogen and oxygen atoms in total. The maximum atomic E-state index is 12.9. The number of unbranched alkanes of at least 4 members (excludes halogenated alkanes) is 1. The number of hydrogen-bond donors (Lipinski definition) is 2. The van der Waals surface area contributed by atoms with Crippen molar-refractivity contribution in [3.05, 3.63) is 34.6 Å². The molecule has 1 aromatic carbocycles. The summed E-state index contributed by atoms with van der Waals surface area (Å²) in [5.41, 5.74) is 5.87. The first-order valence-electron chi connectivity index (χ1n) is 6.04. The Kier molecular flexibility index (Phi) is 8.72. The summed E-state index contributed by atoms with van der Waals surface area (Å²) >= 11 is 5.82. The van der Waals surface area contributed by atoms with E-state index in [9.17, 15) is 9.18 Å². The van der Waals surface area contributed by atoms with Crippen LogP contribution < -0.4 is 11.1 Å². The third-order valence-corrected chi connectivity index (χ3v) is 3.01. The Labute approximate surface area is 124 Å². The molecule has 0 aliphatic carbocycles. The minimum Gasteiger partial charge on any atom is -0.348 e. The molecule has 3 N–H and O–H groups in total. The summed E-state index contributed by atoms with van der Waals surface area (Å²) in [6.45, 7) is 2.46. The van der Waals surface area contributed by atoms with E-state index in [0.717, 1.165) is 25.3 Å². The van der Waals surface area contributed by atoms with Gasteiger partial charge in [-0.1, -0.05) is 31.4 Å². The fraction of sp³-hybridized carbons (Fsp3) is 0.462. The molecule has 0 aromatic heterocycles. The van der Waals surface area contributed by atoms with Crippen molar-refractivity contribution in [1.82, 2.24) is 5.32 Å². The number of amides is 1. The molecule has 0 fully saturated rings. The van der Waals surface area contributed by atoms with E-state index in [1.54, 1.807) is 0 Å². The number of hydrogen-bond acceptors (Lipinski definition) is 2. The molecule has 0 aliphatic heterocycles. The van der Waals surface area contributed by atoms with Crippen molar-refractivity contribution in [2.75, 3.05) is 6.54 Å². The van der Waals surface area contributed by atoms with Crippen molar-refractivity contribution >= 4 is 29.9 Å². The maximum Gasteiger partial charge on any atom is 0.253 e. The van der Waals surface area contributed by atoms with Crippen LogP contribution in [-0.2, 0) is 0 Å². The highest BCUT2D eigenvalue weighted by Gasteiger charge is 2.15. The second-order valence-corrected chi connectivity index (χ2v) is 4.58. The summed E-state index contributed by atoms with van der Waals surface area (Å²) in [5.74, 6) is -0.774. The molecular formula is C13H19Cl2FN2O. The van der Waals surface area contributed by atoms with E-state index < -0.39 is 5.82 Å². The highest BCUT2D eigenvalue weighted by molar-refractivity contribution is 6.33. The van der Waals surface area contributed by atoms with Crippen molar-refractivity contribution in [3.8, 4) is 0 Å². The molecule has 0 heterocycles. The standard InChI is InChI=1S/C13H18ClFN2O.ClH/c1-2-3-4-10(8-16)17-13(18)11-6-5-9(15)7-12(11)14;/h5-7,10H,2-4,8,16H2,1H3,(H,17,18);1H. The number of carbonyl (C=O) groups excluding carboxylic acids is 1. The quantitative estimate of drug-likeness (QED) is 0.848.